The molecule has 0 aromatic rings. The molecule has 0 fully saturated rings. The van der Waals surface area contributed by atoms with Crippen LogP contribution >= 0.6 is 0 Å². The van der Waals surface area contributed by atoms with Gasteiger partial charge in [-0.2, -0.15) is 0 Å². The number of unbranched alkanes of at least 4 members (excludes halogenated alkanes) is 30. The number of hydrogen-bond donors (Lipinski definition) is 2. The van der Waals surface area contributed by atoms with Crippen LogP contribution in [-0.4, -0.2) is 72.2 Å². The van der Waals surface area contributed by atoms with Crippen LogP contribution in [0.2, 0.25) is 0 Å². The summed E-state index contributed by atoms with van der Waals surface area (Å²) in [6.45, 7) is 7.98. The van der Waals surface area contributed by atoms with Crippen LogP contribution in [0, 0.1) is 0 Å². The fourth-order valence-electron chi connectivity index (χ4n) is 6.66. The molecular weight excluding hydrogens is 679 g/mol. The van der Waals surface area contributed by atoms with E-state index in [4.69, 9.17) is 10.2 Å². The molecule has 7 heteroatoms. The smallest absolute Gasteiger partial charge is 0.304 e. The van der Waals surface area contributed by atoms with Crippen LogP contribution in [0.1, 0.15) is 232 Å². The summed E-state index contributed by atoms with van der Waals surface area (Å²) >= 11 is 0. The first-order valence-corrected chi connectivity index (χ1v) is 22.1. The second-order valence-electron chi connectivity index (χ2n) is 15.5. The van der Waals surface area contributed by atoms with Gasteiger partial charge in [-0.1, -0.05) is 206 Å². The molecule has 0 aromatic heterocycles. The van der Waals surface area contributed by atoms with E-state index in [1.807, 2.05) is 14.1 Å². The third-order valence-electron chi connectivity index (χ3n) is 10.2. The molecule has 0 aliphatic heterocycles. The van der Waals surface area contributed by atoms with Gasteiger partial charge in [0.2, 0.25) is 0 Å². The standard InChI is InChI=1S/2C22H45NO2.Ni/c2*1-3-4-5-6-7-8-9-10-11-12-13-14-15-16-17-18-20-23(2)21-19-22(24)25;/h2*3-21H2,1-2H3,(H,24,25);. The first-order valence-electron chi connectivity index (χ1n) is 22.1. The zero-order valence-electron chi connectivity index (χ0n) is 34.8. The molecule has 6 nitrogen and oxygen atoms in total. The third-order valence-corrected chi connectivity index (χ3v) is 10.2. The Morgan fingerprint density at radius 2 is 0.510 bits per heavy atom. The van der Waals surface area contributed by atoms with Gasteiger partial charge < -0.3 is 20.0 Å². The molecule has 0 aliphatic rings. The largest absolute Gasteiger partial charge is 0.481 e. The van der Waals surface area contributed by atoms with Gasteiger partial charge in [0.15, 0.2) is 0 Å². The number of hydrogen-bond acceptors (Lipinski definition) is 4. The zero-order chi connectivity index (χ0) is 37.2. The van der Waals surface area contributed by atoms with Crippen LogP contribution in [0.25, 0.3) is 0 Å². The summed E-state index contributed by atoms with van der Waals surface area (Å²) < 4.78 is 0. The van der Waals surface area contributed by atoms with E-state index in [1.54, 1.807) is 0 Å². The minimum Gasteiger partial charge on any atom is -0.481 e. The van der Waals surface area contributed by atoms with Crippen LogP contribution in [0.15, 0.2) is 0 Å². The Morgan fingerprint density at radius 1 is 0.333 bits per heavy atom. The summed E-state index contributed by atoms with van der Waals surface area (Å²) in [5, 5.41) is 17.3. The molecular formula is C44H90N2NiO4. The zero-order valence-corrected chi connectivity index (χ0v) is 35.8. The summed E-state index contributed by atoms with van der Waals surface area (Å²) in [6.07, 6.45) is 45.1. The maximum absolute atomic E-state index is 10.5. The molecule has 0 bridgehead atoms. The van der Waals surface area contributed by atoms with E-state index in [9.17, 15) is 9.59 Å². The Labute approximate surface area is 329 Å². The summed E-state index contributed by atoms with van der Waals surface area (Å²) in [7, 11) is 4.04. The number of nitrogens with zero attached hydrogens (tertiary/aromatic N) is 2. The third kappa shape index (κ3) is 53.8. The quantitative estimate of drug-likeness (QED) is 0.0477. The molecule has 0 heterocycles. The van der Waals surface area contributed by atoms with E-state index in [2.05, 4.69) is 23.6 Å². The van der Waals surface area contributed by atoms with Crippen molar-refractivity contribution in [3.63, 3.8) is 0 Å². The Balaban J connectivity index is -0.000000886. The minimum atomic E-state index is -0.696. The van der Waals surface area contributed by atoms with Crippen LogP contribution in [0.4, 0.5) is 0 Å². The number of carbonyl (C=O) groups is 2. The maximum Gasteiger partial charge on any atom is 0.304 e. The monoisotopic (exact) mass is 769 g/mol. The van der Waals surface area contributed by atoms with Gasteiger partial charge in [-0.3, -0.25) is 9.59 Å². The van der Waals surface area contributed by atoms with Crippen molar-refractivity contribution in [2.24, 2.45) is 0 Å². The van der Waals surface area contributed by atoms with Crippen LogP contribution in [-0.2, 0) is 26.1 Å². The Bertz CT molecular complexity index is 626. The molecule has 0 amide bonds. The molecule has 2 N–H and O–H groups in total. The van der Waals surface area contributed by atoms with Gasteiger partial charge in [-0.05, 0) is 40.0 Å². The van der Waals surface area contributed by atoms with Gasteiger partial charge in [-0.15, -0.1) is 0 Å². The van der Waals surface area contributed by atoms with Crippen molar-refractivity contribution in [3.8, 4) is 0 Å². The van der Waals surface area contributed by atoms with E-state index in [-0.39, 0.29) is 29.3 Å². The molecule has 0 unspecified atom stereocenters. The average molecular weight is 770 g/mol. The molecule has 51 heavy (non-hydrogen) atoms. The van der Waals surface area contributed by atoms with E-state index in [1.165, 1.54) is 205 Å². The van der Waals surface area contributed by atoms with Gasteiger partial charge in [0.1, 0.15) is 0 Å². The summed E-state index contributed by atoms with van der Waals surface area (Å²) in [4.78, 5) is 25.3. The molecule has 310 valence electrons. The fraction of sp³-hybridized carbons (Fsp3) is 0.955. The number of carboxylic acid groups (broad SMARTS) is 2. The van der Waals surface area contributed by atoms with Crippen molar-refractivity contribution in [2.45, 2.75) is 232 Å². The van der Waals surface area contributed by atoms with Crippen molar-refractivity contribution in [3.05, 3.63) is 0 Å². The molecule has 0 aliphatic carbocycles. The molecule has 0 saturated heterocycles. The van der Waals surface area contributed by atoms with Gasteiger partial charge in [0.05, 0.1) is 12.8 Å². The first-order chi connectivity index (χ1) is 24.3. The molecule has 0 atom stereocenters. The fourth-order valence-corrected chi connectivity index (χ4v) is 6.66. The van der Waals surface area contributed by atoms with E-state index < -0.39 is 11.9 Å². The predicted octanol–water partition coefficient (Wildman–Crippen LogP) is 13.3. The normalized spacial score (nSPS) is 11.1. The van der Waals surface area contributed by atoms with Crippen LogP contribution in [0.5, 0.6) is 0 Å². The Kier molecular flexibility index (Phi) is 50.8. The number of aliphatic carboxylic acids is 2. The first kappa shape index (κ1) is 54.7. The second kappa shape index (κ2) is 47.4. The van der Waals surface area contributed by atoms with E-state index >= 15 is 0 Å². The van der Waals surface area contributed by atoms with E-state index in [0.29, 0.717) is 13.1 Å². The van der Waals surface area contributed by atoms with Crippen molar-refractivity contribution in [2.75, 3.05) is 40.3 Å². The molecule has 0 radical (unpaired) electrons. The average Bonchev–Trinajstić information content (AvgIpc) is 3.09. The van der Waals surface area contributed by atoms with Crippen molar-refractivity contribution < 1.29 is 36.3 Å². The molecule has 0 saturated carbocycles. The summed E-state index contributed by atoms with van der Waals surface area (Å²) in [6, 6.07) is 0. The van der Waals surface area contributed by atoms with Crippen molar-refractivity contribution >= 4 is 11.9 Å². The molecule has 0 aromatic carbocycles. The second-order valence-corrected chi connectivity index (χ2v) is 15.5. The van der Waals surface area contributed by atoms with Crippen molar-refractivity contribution in [1.29, 1.82) is 0 Å². The minimum absolute atomic E-state index is 0. The summed E-state index contributed by atoms with van der Waals surface area (Å²) in [5.74, 6) is -1.39. The Hall–Kier alpha value is -0.646. The molecule has 0 rings (SSSR count). The van der Waals surface area contributed by atoms with Crippen LogP contribution < -0.4 is 0 Å². The van der Waals surface area contributed by atoms with Gasteiger partial charge >= 0.3 is 11.9 Å². The van der Waals surface area contributed by atoms with Crippen LogP contribution in [0.3, 0.4) is 0 Å². The van der Waals surface area contributed by atoms with Gasteiger partial charge in [-0.25, -0.2) is 0 Å². The van der Waals surface area contributed by atoms with Crippen molar-refractivity contribution in [1.82, 2.24) is 9.80 Å². The van der Waals surface area contributed by atoms with E-state index in [0.717, 1.165) is 13.1 Å². The maximum atomic E-state index is 10.5. The topological polar surface area (TPSA) is 81.1 Å². The van der Waals surface area contributed by atoms with Gasteiger partial charge in [0.25, 0.3) is 0 Å². The number of carboxylic acids is 2. The predicted molar refractivity (Wildman–Crippen MR) is 219 cm³/mol. The summed E-state index contributed by atoms with van der Waals surface area (Å²) in [5.41, 5.74) is 0. The molecule has 0 spiro atoms. The van der Waals surface area contributed by atoms with Gasteiger partial charge in [0, 0.05) is 29.6 Å². The Morgan fingerprint density at radius 3 is 0.686 bits per heavy atom. The SMILES string of the molecule is CCCCCCCCCCCCCCCCCCN(C)CCC(=O)O.CCCCCCCCCCCCCCCCCCN(C)CCC(=O)O.[Ni]. The number of rotatable bonds is 40.